The zero-order valence-electron chi connectivity index (χ0n) is 26.2. The van der Waals surface area contributed by atoms with Gasteiger partial charge in [-0.25, -0.2) is 0 Å². The molecule has 0 N–H and O–H groups in total. The van der Waals surface area contributed by atoms with Gasteiger partial charge in [-0.2, -0.15) is 0 Å². The van der Waals surface area contributed by atoms with Crippen LogP contribution in [0, 0.1) is 46.3 Å². The second-order valence-electron chi connectivity index (χ2n) is 15.2. The first-order valence-electron chi connectivity index (χ1n) is 17.1. The van der Waals surface area contributed by atoms with E-state index in [2.05, 4.69) is 47.6 Å². The van der Waals surface area contributed by atoms with Gasteiger partial charge in [-0.3, -0.25) is 4.79 Å². The number of hydrogen-bond acceptors (Lipinski definition) is 2. The minimum atomic E-state index is 0.0522. The van der Waals surface area contributed by atoms with Crippen molar-refractivity contribution in [2.45, 2.75) is 163 Å². The van der Waals surface area contributed by atoms with Gasteiger partial charge in [0.2, 0.25) is 0 Å². The first kappa shape index (κ1) is 30.2. The molecule has 4 rings (SSSR count). The van der Waals surface area contributed by atoms with Crippen LogP contribution < -0.4 is 0 Å². The van der Waals surface area contributed by atoms with Gasteiger partial charge in [-0.05, 0) is 97.7 Å². The normalized spacial score (nSPS) is 37.2. The predicted octanol–water partition coefficient (Wildman–Crippen LogP) is 10.7. The van der Waals surface area contributed by atoms with Gasteiger partial charge in [-0.15, -0.1) is 0 Å². The minimum absolute atomic E-state index is 0.0522. The summed E-state index contributed by atoms with van der Waals surface area (Å²) in [7, 11) is 0. The molecule has 0 aromatic rings. The molecule has 2 nitrogen and oxygen atoms in total. The number of hydrogen-bond donors (Lipinski definition) is 0. The van der Waals surface area contributed by atoms with Crippen LogP contribution in [0.5, 0.6) is 0 Å². The highest BCUT2D eigenvalue weighted by Crippen LogP contribution is 2.67. The zero-order chi connectivity index (χ0) is 27.3. The quantitative estimate of drug-likeness (QED) is 0.135. The Balaban J connectivity index is 1.31. The second-order valence-corrected chi connectivity index (χ2v) is 15.2. The third kappa shape index (κ3) is 6.57. The number of carbonyl (C=O) groups is 1. The molecule has 3 fully saturated rings. The van der Waals surface area contributed by atoms with Crippen molar-refractivity contribution in [3.8, 4) is 0 Å². The van der Waals surface area contributed by atoms with Crippen molar-refractivity contribution in [3.05, 3.63) is 11.6 Å². The van der Waals surface area contributed by atoms with Gasteiger partial charge in [-0.1, -0.05) is 105 Å². The molecule has 0 bridgehead atoms. The molecule has 0 spiro atoms. The summed E-state index contributed by atoms with van der Waals surface area (Å²) in [5.41, 5.74) is 2.54. The highest BCUT2D eigenvalue weighted by atomic mass is 16.5. The van der Waals surface area contributed by atoms with Crippen molar-refractivity contribution >= 4 is 5.97 Å². The summed E-state index contributed by atoms with van der Waals surface area (Å²) >= 11 is 0. The van der Waals surface area contributed by atoms with Crippen molar-refractivity contribution in [1.29, 1.82) is 0 Å². The molecule has 3 unspecified atom stereocenters. The molecule has 38 heavy (non-hydrogen) atoms. The molecule has 0 aromatic carbocycles. The molecule has 4 aliphatic rings. The van der Waals surface area contributed by atoms with E-state index in [0.717, 1.165) is 54.8 Å². The fraction of sp³-hybridized carbons (Fsp3) is 0.917. The van der Waals surface area contributed by atoms with Gasteiger partial charge in [0.05, 0.1) is 0 Å². The topological polar surface area (TPSA) is 26.3 Å². The highest BCUT2D eigenvalue weighted by Gasteiger charge is 2.59. The van der Waals surface area contributed by atoms with Gasteiger partial charge < -0.3 is 4.74 Å². The van der Waals surface area contributed by atoms with Crippen molar-refractivity contribution < 1.29 is 9.53 Å². The van der Waals surface area contributed by atoms with Gasteiger partial charge in [0.15, 0.2) is 0 Å². The molecule has 0 radical (unpaired) electrons. The van der Waals surface area contributed by atoms with Crippen LogP contribution in [0.1, 0.15) is 157 Å². The molecular formula is C36H62O2. The van der Waals surface area contributed by atoms with E-state index in [1.54, 1.807) is 5.57 Å². The maximum absolute atomic E-state index is 12.6. The molecule has 3 saturated carbocycles. The Morgan fingerprint density at radius 2 is 1.68 bits per heavy atom. The lowest BCUT2D eigenvalue weighted by molar-refractivity contribution is -0.151. The Morgan fingerprint density at radius 1 is 0.921 bits per heavy atom. The molecule has 0 heterocycles. The van der Waals surface area contributed by atoms with E-state index in [4.69, 9.17) is 4.74 Å². The van der Waals surface area contributed by atoms with Crippen LogP contribution in [0.3, 0.4) is 0 Å². The van der Waals surface area contributed by atoms with Gasteiger partial charge in [0, 0.05) is 12.8 Å². The SMILES string of the molecule is CCCCCCCCC(=O)O[C@H]1CC[C@@]2(C)C(=CCC3C2CC[C@@]2(C)C3CC[C@@H]2[C@H](C)CCCC(C)C)C1. The summed E-state index contributed by atoms with van der Waals surface area (Å²) in [6.45, 7) is 14.9. The Labute approximate surface area is 236 Å². The van der Waals surface area contributed by atoms with Crippen molar-refractivity contribution in [1.82, 2.24) is 0 Å². The van der Waals surface area contributed by atoms with E-state index in [9.17, 15) is 4.79 Å². The summed E-state index contributed by atoms with van der Waals surface area (Å²) in [6, 6.07) is 0. The Hall–Kier alpha value is -0.790. The number of ether oxygens (including phenoxy) is 1. The molecule has 0 amide bonds. The fourth-order valence-electron chi connectivity index (χ4n) is 10.0. The van der Waals surface area contributed by atoms with Crippen LogP contribution in [-0.4, -0.2) is 12.1 Å². The van der Waals surface area contributed by atoms with E-state index < -0.39 is 0 Å². The maximum Gasteiger partial charge on any atom is 0.306 e. The first-order chi connectivity index (χ1) is 18.2. The van der Waals surface area contributed by atoms with Crippen LogP contribution in [0.2, 0.25) is 0 Å². The summed E-state index contributed by atoms with van der Waals surface area (Å²) in [4.78, 5) is 12.6. The molecule has 0 aliphatic heterocycles. The Morgan fingerprint density at radius 3 is 2.45 bits per heavy atom. The van der Waals surface area contributed by atoms with Crippen molar-refractivity contribution in [3.63, 3.8) is 0 Å². The monoisotopic (exact) mass is 526 g/mol. The van der Waals surface area contributed by atoms with Crippen LogP contribution in [0.15, 0.2) is 11.6 Å². The Bertz CT molecular complexity index is 797. The van der Waals surface area contributed by atoms with Crippen molar-refractivity contribution in [2.24, 2.45) is 46.3 Å². The molecule has 4 aliphatic carbocycles. The summed E-state index contributed by atoms with van der Waals surface area (Å²) in [5.74, 6) is 5.34. The third-order valence-corrected chi connectivity index (χ3v) is 12.3. The predicted molar refractivity (Wildman–Crippen MR) is 161 cm³/mol. The number of unbranched alkanes of at least 4 members (excludes halogenated alkanes) is 5. The molecular weight excluding hydrogens is 464 g/mol. The number of rotatable bonds is 13. The lowest BCUT2D eigenvalue weighted by Gasteiger charge is -2.58. The lowest BCUT2D eigenvalue weighted by atomic mass is 9.47. The zero-order valence-corrected chi connectivity index (χ0v) is 26.2. The lowest BCUT2D eigenvalue weighted by Crippen LogP contribution is -2.51. The average molecular weight is 527 g/mol. The Kier molecular flexibility index (Phi) is 10.5. The van der Waals surface area contributed by atoms with Crippen LogP contribution in [0.25, 0.3) is 0 Å². The number of carbonyl (C=O) groups excluding carboxylic acids is 1. The van der Waals surface area contributed by atoms with Gasteiger partial charge in [0.1, 0.15) is 6.10 Å². The van der Waals surface area contributed by atoms with E-state index >= 15 is 0 Å². The third-order valence-electron chi connectivity index (χ3n) is 12.3. The van der Waals surface area contributed by atoms with Crippen LogP contribution in [0.4, 0.5) is 0 Å². The summed E-state index contributed by atoms with van der Waals surface area (Å²) < 4.78 is 6.04. The van der Waals surface area contributed by atoms with Gasteiger partial charge in [0.25, 0.3) is 0 Å². The molecule has 0 saturated heterocycles. The molecule has 2 heteroatoms. The smallest absolute Gasteiger partial charge is 0.306 e. The van der Waals surface area contributed by atoms with Crippen LogP contribution >= 0.6 is 0 Å². The number of fused-ring (bicyclic) bond motifs is 5. The first-order valence-corrected chi connectivity index (χ1v) is 17.1. The average Bonchev–Trinajstić information content (AvgIpc) is 3.23. The number of esters is 1. The van der Waals surface area contributed by atoms with Crippen LogP contribution in [-0.2, 0) is 9.53 Å². The number of allylic oxidation sites excluding steroid dienone is 1. The maximum atomic E-state index is 12.6. The summed E-state index contributed by atoms with van der Waals surface area (Å²) in [6.07, 6.45) is 25.3. The fourth-order valence-corrected chi connectivity index (χ4v) is 10.0. The van der Waals surface area contributed by atoms with E-state index in [1.165, 1.54) is 89.9 Å². The minimum Gasteiger partial charge on any atom is -0.462 e. The highest BCUT2D eigenvalue weighted by molar-refractivity contribution is 5.69. The van der Waals surface area contributed by atoms with Crippen molar-refractivity contribution in [2.75, 3.05) is 0 Å². The molecule has 0 aromatic heterocycles. The van der Waals surface area contributed by atoms with E-state index in [1.807, 2.05) is 0 Å². The standard InChI is InChI=1S/C36H62O2/c1-7-8-9-10-11-12-16-34(37)38-29-21-23-35(5)28(25-29)17-18-30-32-20-19-31(27(4)15-13-14-26(2)3)36(32,6)24-22-33(30)35/h17,26-27,29-33H,7-16,18-25H2,1-6H3/t27-,29+,30?,31-,32?,33?,35+,36-/m1/s1. The van der Waals surface area contributed by atoms with E-state index in [0.29, 0.717) is 17.3 Å². The van der Waals surface area contributed by atoms with E-state index in [-0.39, 0.29) is 12.1 Å². The largest absolute Gasteiger partial charge is 0.462 e. The second kappa shape index (κ2) is 13.2. The van der Waals surface area contributed by atoms with Gasteiger partial charge >= 0.3 is 5.97 Å². The summed E-state index contributed by atoms with van der Waals surface area (Å²) in [5, 5.41) is 0. The molecule has 218 valence electrons. The molecule has 8 atom stereocenters.